The second kappa shape index (κ2) is 8.99. The van der Waals surface area contributed by atoms with Crippen molar-refractivity contribution in [2.45, 2.75) is 44.7 Å². The summed E-state index contributed by atoms with van der Waals surface area (Å²) in [5.41, 5.74) is 7.05. The lowest BCUT2D eigenvalue weighted by Gasteiger charge is -2.29. The van der Waals surface area contributed by atoms with Crippen molar-refractivity contribution < 1.29 is 14.6 Å². The topological polar surface area (TPSA) is 75.8 Å². The zero-order valence-electron chi connectivity index (χ0n) is 13.8. The molecule has 0 spiro atoms. The average molecular weight is 343 g/mol. The molecule has 0 heterocycles. The maximum atomic E-state index is 12.4. The Morgan fingerprint density at radius 2 is 2.09 bits per heavy atom. The number of rotatable bonds is 5. The summed E-state index contributed by atoms with van der Waals surface area (Å²) >= 11 is 0. The number of amides is 1. The first-order chi connectivity index (χ1) is 10.5. The van der Waals surface area contributed by atoms with Gasteiger partial charge in [0.1, 0.15) is 0 Å². The molecule has 2 atom stereocenters. The van der Waals surface area contributed by atoms with Gasteiger partial charge in [-0.25, -0.2) is 0 Å². The monoisotopic (exact) mass is 342 g/mol. The van der Waals surface area contributed by atoms with Crippen LogP contribution in [0.5, 0.6) is 11.5 Å². The van der Waals surface area contributed by atoms with Crippen molar-refractivity contribution in [1.29, 1.82) is 0 Å². The Balaban J connectivity index is 0.00000264. The van der Waals surface area contributed by atoms with E-state index in [0.717, 1.165) is 18.4 Å². The molecule has 1 aromatic rings. The molecule has 6 heteroatoms. The minimum atomic E-state index is 0. The lowest BCUT2D eigenvalue weighted by atomic mass is 9.83. The molecular formula is C17H27ClN2O3. The second-order valence-corrected chi connectivity index (χ2v) is 6.17. The molecule has 1 saturated carbocycles. The molecule has 1 aliphatic carbocycles. The van der Waals surface area contributed by atoms with Crippen LogP contribution in [0.1, 0.15) is 37.7 Å². The van der Waals surface area contributed by atoms with Crippen molar-refractivity contribution in [2.75, 3.05) is 14.2 Å². The fraction of sp³-hybridized carbons (Fsp3) is 0.588. The van der Waals surface area contributed by atoms with Gasteiger partial charge in [0, 0.05) is 26.1 Å². The van der Waals surface area contributed by atoms with E-state index >= 15 is 0 Å². The highest BCUT2D eigenvalue weighted by Gasteiger charge is 2.25. The number of ether oxygens (including phenoxy) is 1. The first-order valence-electron chi connectivity index (χ1n) is 7.86. The van der Waals surface area contributed by atoms with Crippen LogP contribution in [0.15, 0.2) is 18.2 Å². The largest absolute Gasteiger partial charge is 0.504 e. The number of phenols is 1. The van der Waals surface area contributed by atoms with Crippen LogP contribution in [-0.4, -0.2) is 36.1 Å². The maximum Gasteiger partial charge on any atom is 0.222 e. The molecule has 1 amide bonds. The van der Waals surface area contributed by atoms with E-state index < -0.39 is 0 Å². The van der Waals surface area contributed by atoms with Gasteiger partial charge >= 0.3 is 0 Å². The van der Waals surface area contributed by atoms with Gasteiger partial charge in [-0.1, -0.05) is 18.9 Å². The van der Waals surface area contributed by atoms with Gasteiger partial charge in [-0.2, -0.15) is 0 Å². The van der Waals surface area contributed by atoms with Crippen molar-refractivity contribution in [3.8, 4) is 11.5 Å². The predicted molar refractivity (Wildman–Crippen MR) is 92.9 cm³/mol. The van der Waals surface area contributed by atoms with Crippen LogP contribution in [0.25, 0.3) is 0 Å². The molecule has 0 radical (unpaired) electrons. The van der Waals surface area contributed by atoms with Gasteiger partial charge in [0.2, 0.25) is 5.91 Å². The molecule has 1 aliphatic rings. The molecule has 2 rings (SSSR count). The molecule has 1 aromatic carbocycles. The highest BCUT2D eigenvalue weighted by atomic mass is 35.5. The molecule has 3 N–H and O–H groups in total. The van der Waals surface area contributed by atoms with E-state index in [1.165, 1.54) is 20.0 Å². The Hall–Kier alpha value is -1.46. The van der Waals surface area contributed by atoms with E-state index in [2.05, 4.69) is 0 Å². The quantitative estimate of drug-likeness (QED) is 0.862. The van der Waals surface area contributed by atoms with Gasteiger partial charge in [0.25, 0.3) is 0 Å². The number of carbonyl (C=O) groups is 1. The number of nitrogens with zero attached hydrogens (tertiary/aromatic N) is 1. The molecular weight excluding hydrogens is 316 g/mol. The van der Waals surface area contributed by atoms with Gasteiger partial charge in [-0.15, -0.1) is 12.4 Å². The van der Waals surface area contributed by atoms with E-state index in [1.54, 1.807) is 30.1 Å². The molecule has 5 nitrogen and oxygen atoms in total. The first-order valence-corrected chi connectivity index (χ1v) is 7.86. The van der Waals surface area contributed by atoms with Gasteiger partial charge in [0.15, 0.2) is 11.5 Å². The van der Waals surface area contributed by atoms with E-state index in [0.29, 0.717) is 24.6 Å². The van der Waals surface area contributed by atoms with Crippen LogP contribution in [0, 0.1) is 5.92 Å². The summed E-state index contributed by atoms with van der Waals surface area (Å²) in [5, 5.41) is 9.60. The Bertz CT molecular complexity index is 525. The summed E-state index contributed by atoms with van der Waals surface area (Å²) < 4.78 is 5.09. The Kier molecular flexibility index (Phi) is 7.65. The van der Waals surface area contributed by atoms with Crippen molar-refractivity contribution in [3.05, 3.63) is 23.8 Å². The van der Waals surface area contributed by atoms with Crippen molar-refractivity contribution in [1.82, 2.24) is 4.90 Å². The average Bonchev–Trinajstić information content (AvgIpc) is 2.51. The number of aromatic hydroxyl groups is 1. The van der Waals surface area contributed by atoms with Crippen LogP contribution in [0.2, 0.25) is 0 Å². The third-order valence-electron chi connectivity index (χ3n) is 4.49. The molecule has 2 unspecified atom stereocenters. The summed E-state index contributed by atoms with van der Waals surface area (Å²) in [6.07, 6.45) is 4.94. The van der Waals surface area contributed by atoms with E-state index in [4.69, 9.17) is 10.5 Å². The van der Waals surface area contributed by atoms with Crippen molar-refractivity contribution in [2.24, 2.45) is 11.7 Å². The zero-order chi connectivity index (χ0) is 16.1. The maximum absolute atomic E-state index is 12.4. The van der Waals surface area contributed by atoms with Gasteiger partial charge in [-0.05, 0) is 36.5 Å². The summed E-state index contributed by atoms with van der Waals surface area (Å²) in [6, 6.07) is 5.29. The highest BCUT2D eigenvalue weighted by Crippen LogP contribution is 2.28. The fourth-order valence-electron chi connectivity index (χ4n) is 3.05. The zero-order valence-corrected chi connectivity index (χ0v) is 14.6. The van der Waals surface area contributed by atoms with E-state index in [9.17, 15) is 9.90 Å². The number of halogens is 1. The van der Waals surface area contributed by atoms with Crippen molar-refractivity contribution in [3.63, 3.8) is 0 Å². The van der Waals surface area contributed by atoms with Gasteiger partial charge < -0.3 is 20.5 Å². The molecule has 0 aromatic heterocycles. The van der Waals surface area contributed by atoms with Crippen LogP contribution < -0.4 is 10.5 Å². The molecule has 1 fully saturated rings. The molecule has 130 valence electrons. The number of nitrogens with two attached hydrogens (primary N) is 1. The van der Waals surface area contributed by atoms with Crippen LogP contribution in [0.3, 0.4) is 0 Å². The number of methoxy groups -OCH3 is 1. The third kappa shape index (κ3) is 5.29. The number of carbonyl (C=O) groups excluding carboxylic acids is 1. The summed E-state index contributed by atoms with van der Waals surface area (Å²) in [7, 11) is 3.31. The lowest BCUT2D eigenvalue weighted by Crippen LogP contribution is -2.37. The van der Waals surface area contributed by atoms with Gasteiger partial charge in [0.05, 0.1) is 7.11 Å². The van der Waals surface area contributed by atoms with Gasteiger partial charge in [-0.3, -0.25) is 4.79 Å². The summed E-state index contributed by atoms with van der Waals surface area (Å²) in [5.74, 6) is 0.952. The number of hydrogen-bond acceptors (Lipinski definition) is 4. The second-order valence-electron chi connectivity index (χ2n) is 6.17. The normalized spacial score (nSPS) is 20.5. The van der Waals surface area contributed by atoms with Crippen molar-refractivity contribution >= 4 is 18.3 Å². The third-order valence-corrected chi connectivity index (χ3v) is 4.49. The summed E-state index contributed by atoms with van der Waals surface area (Å²) in [6.45, 7) is 0.497. The molecule has 23 heavy (non-hydrogen) atoms. The van der Waals surface area contributed by atoms with E-state index in [1.807, 2.05) is 0 Å². The first kappa shape index (κ1) is 19.6. The summed E-state index contributed by atoms with van der Waals surface area (Å²) in [4.78, 5) is 14.1. The van der Waals surface area contributed by atoms with Crippen LogP contribution in [0.4, 0.5) is 0 Å². The molecule has 0 bridgehead atoms. The smallest absolute Gasteiger partial charge is 0.222 e. The fourth-order valence-corrected chi connectivity index (χ4v) is 3.05. The predicted octanol–water partition coefficient (Wildman–Crippen LogP) is 2.69. The Morgan fingerprint density at radius 3 is 2.74 bits per heavy atom. The van der Waals surface area contributed by atoms with Crippen LogP contribution >= 0.6 is 12.4 Å². The molecule has 0 aliphatic heterocycles. The number of hydrogen-bond donors (Lipinski definition) is 2. The SMILES string of the molecule is COc1cc(CN(C)C(=O)CC2CCCCC2N)ccc1O.Cl. The Morgan fingerprint density at radius 1 is 1.39 bits per heavy atom. The number of phenolic OH excluding ortho intramolecular Hbond substituents is 1. The lowest BCUT2D eigenvalue weighted by molar-refractivity contribution is -0.131. The highest BCUT2D eigenvalue weighted by molar-refractivity contribution is 5.85. The molecule has 0 saturated heterocycles. The van der Waals surface area contributed by atoms with Crippen LogP contribution in [-0.2, 0) is 11.3 Å². The minimum Gasteiger partial charge on any atom is -0.504 e. The Labute approximate surface area is 144 Å². The van der Waals surface area contributed by atoms with E-state index in [-0.39, 0.29) is 30.1 Å². The standard InChI is InChI=1S/C17H26N2O3.ClH/c1-19(11-12-7-8-15(20)16(9-12)22-2)17(21)10-13-5-3-4-6-14(13)18;/h7-9,13-14,20H,3-6,10-11,18H2,1-2H3;1H. The minimum absolute atomic E-state index is 0. The number of benzene rings is 1.